The summed E-state index contributed by atoms with van der Waals surface area (Å²) in [5, 5.41) is 0. The zero-order valence-corrected chi connectivity index (χ0v) is 9.76. The number of anilines is 1. The molecule has 0 radical (unpaired) electrons. The van der Waals surface area contributed by atoms with Crippen molar-refractivity contribution < 1.29 is 4.74 Å². The zero-order valence-electron chi connectivity index (χ0n) is 9.76. The molecule has 3 aromatic rings. The first-order valence-corrected chi connectivity index (χ1v) is 5.74. The summed E-state index contributed by atoms with van der Waals surface area (Å²) >= 11 is 0. The van der Waals surface area contributed by atoms with Crippen molar-refractivity contribution in [1.82, 2.24) is 9.97 Å². The van der Waals surface area contributed by atoms with Gasteiger partial charge in [0, 0.05) is 0 Å². The Kier molecular flexibility index (Phi) is 2.61. The molecule has 0 fully saturated rings. The number of para-hydroxylation sites is 4. The van der Waals surface area contributed by atoms with E-state index in [2.05, 4.69) is 9.97 Å². The molecule has 0 aliphatic rings. The lowest BCUT2D eigenvalue weighted by Gasteiger charge is -2.06. The Labute approximate surface area is 104 Å². The second kappa shape index (κ2) is 4.41. The van der Waals surface area contributed by atoms with Gasteiger partial charge in [0.25, 0.3) is 0 Å². The first-order chi connectivity index (χ1) is 8.83. The fourth-order valence-corrected chi connectivity index (χ4v) is 1.83. The van der Waals surface area contributed by atoms with Crippen LogP contribution in [0.4, 0.5) is 5.69 Å². The second-order valence-corrected chi connectivity index (χ2v) is 4.03. The van der Waals surface area contributed by atoms with Crippen LogP contribution >= 0.6 is 0 Å². The molecule has 2 aromatic carbocycles. The lowest BCUT2D eigenvalue weighted by Crippen LogP contribution is -1.99. The highest BCUT2D eigenvalue weighted by atomic mass is 16.5. The van der Waals surface area contributed by atoms with Crippen molar-refractivity contribution in [3.05, 3.63) is 54.4 Å². The molecule has 0 aliphatic heterocycles. The Morgan fingerprint density at radius 2 is 1.83 bits per heavy atom. The molecular weight excluding hydrogens is 226 g/mol. The average Bonchev–Trinajstić information content (AvgIpc) is 2.80. The Morgan fingerprint density at radius 1 is 1.06 bits per heavy atom. The number of nitrogen functional groups attached to an aromatic ring is 1. The molecule has 0 aliphatic carbocycles. The molecule has 0 unspecified atom stereocenters. The number of hydrogen-bond donors (Lipinski definition) is 2. The van der Waals surface area contributed by atoms with E-state index in [1.165, 1.54) is 0 Å². The van der Waals surface area contributed by atoms with Crippen molar-refractivity contribution in [3.8, 4) is 5.75 Å². The Bertz CT molecular complexity index is 642. The Balaban J connectivity index is 1.79. The Morgan fingerprint density at radius 3 is 2.67 bits per heavy atom. The lowest BCUT2D eigenvalue weighted by atomic mass is 10.3. The van der Waals surface area contributed by atoms with E-state index in [1.54, 1.807) is 0 Å². The summed E-state index contributed by atoms with van der Waals surface area (Å²) in [6.45, 7) is 0.378. The molecular formula is C14H13N3O. The van der Waals surface area contributed by atoms with E-state index in [9.17, 15) is 0 Å². The third-order valence-electron chi connectivity index (χ3n) is 2.72. The van der Waals surface area contributed by atoms with Gasteiger partial charge in [-0.05, 0) is 24.3 Å². The molecule has 3 N–H and O–H groups in total. The number of aromatic nitrogens is 2. The van der Waals surface area contributed by atoms with Gasteiger partial charge >= 0.3 is 0 Å². The number of imidazole rings is 1. The van der Waals surface area contributed by atoms with Crippen LogP contribution in [0.25, 0.3) is 11.0 Å². The Hall–Kier alpha value is -2.49. The molecule has 0 saturated carbocycles. The predicted octanol–water partition coefficient (Wildman–Crippen LogP) is 2.72. The van der Waals surface area contributed by atoms with Crippen molar-refractivity contribution >= 4 is 16.7 Å². The van der Waals surface area contributed by atoms with Crippen molar-refractivity contribution in [3.63, 3.8) is 0 Å². The number of nitrogens with zero attached hydrogens (tertiary/aromatic N) is 1. The molecule has 4 nitrogen and oxygen atoms in total. The van der Waals surface area contributed by atoms with Gasteiger partial charge in [0.05, 0.1) is 16.7 Å². The molecule has 1 heterocycles. The maximum atomic E-state index is 5.80. The summed E-state index contributed by atoms with van der Waals surface area (Å²) < 4.78 is 5.63. The molecule has 0 spiro atoms. The van der Waals surface area contributed by atoms with E-state index in [0.717, 1.165) is 16.9 Å². The highest BCUT2D eigenvalue weighted by molar-refractivity contribution is 5.74. The van der Waals surface area contributed by atoms with Crippen molar-refractivity contribution in [2.24, 2.45) is 0 Å². The summed E-state index contributed by atoms with van der Waals surface area (Å²) in [5.41, 5.74) is 8.39. The lowest BCUT2D eigenvalue weighted by molar-refractivity contribution is 0.299. The molecule has 0 atom stereocenters. The standard InChI is InChI=1S/C14H13N3O/c15-10-5-1-4-8-13(10)18-9-14-16-11-6-2-3-7-12(11)17-14/h1-8H,9,15H2,(H,16,17). The van der Waals surface area contributed by atoms with Crippen molar-refractivity contribution in [2.45, 2.75) is 6.61 Å². The number of fused-ring (bicyclic) bond motifs is 1. The highest BCUT2D eigenvalue weighted by Crippen LogP contribution is 2.21. The molecule has 0 bridgehead atoms. The van der Waals surface area contributed by atoms with Gasteiger partial charge in [-0.3, -0.25) is 0 Å². The highest BCUT2D eigenvalue weighted by Gasteiger charge is 2.04. The van der Waals surface area contributed by atoms with Crippen LogP contribution < -0.4 is 10.5 Å². The average molecular weight is 239 g/mol. The van der Waals surface area contributed by atoms with Gasteiger partial charge in [0.15, 0.2) is 0 Å². The van der Waals surface area contributed by atoms with Crippen LogP contribution in [-0.4, -0.2) is 9.97 Å². The zero-order chi connectivity index (χ0) is 12.4. The summed E-state index contributed by atoms with van der Waals surface area (Å²) in [6.07, 6.45) is 0. The fourth-order valence-electron chi connectivity index (χ4n) is 1.83. The van der Waals surface area contributed by atoms with Crippen LogP contribution in [0.5, 0.6) is 5.75 Å². The van der Waals surface area contributed by atoms with Gasteiger partial charge in [0.2, 0.25) is 0 Å². The maximum absolute atomic E-state index is 5.80. The van der Waals surface area contributed by atoms with Gasteiger partial charge < -0.3 is 15.5 Å². The number of benzene rings is 2. The van der Waals surface area contributed by atoms with E-state index in [0.29, 0.717) is 18.0 Å². The molecule has 18 heavy (non-hydrogen) atoms. The summed E-state index contributed by atoms with van der Waals surface area (Å²) in [6, 6.07) is 15.3. The largest absolute Gasteiger partial charge is 0.484 e. The monoisotopic (exact) mass is 239 g/mol. The van der Waals surface area contributed by atoms with Crippen LogP contribution in [0.15, 0.2) is 48.5 Å². The van der Waals surface area contributed by atoms with Crippen molar-refractivity contribution in [1.29, 1.82) is 0 Å². The first kappa shape index (κ1) is 10.7. The molecule has 0 saturated heterocycles. The number of nitrogens with two attached hydrogens (primary N) is 1. The molecule has 1 aromatic heterocycles. The van der Waals surface area contributed by atoms with Gasteiger partial charge in [0.1, 0.15) is 18.2 Å². The van der Waals surface area contributed by atoms with E-state index < -0.39 is 0 Å². The number of rotatable bonds is 3. The van der Waals surface area contributed by atoms with Gasteiger partial charge in [-0.25, -0.2) is 4.98 Å². The second-order valence-electron chi connectivity index (χ2n) is 4.03. The van der Waals surface area contributed by atoms with Crippen LogP contribution in [0.2, 0.25) is 0 Å². The van der Waals surface area contributed by atoms with E-state index in [-0.39, 0.29) is 0 Å². The van der Waals surface area contributed by atoms with Crippen molar-refractivity contribution in [2.75, 3.05) is 5.73 Å². The van der Waals surface area contributed by atoms with E-state index in [4.69, 9.17) is 10.5 Å². The summed E-state index contributed by atoms with van der Waals surface area (Å²) in [4.78, 5) is 7.64. The normalized spacial score (nSPS) is 10.7. The van der Waals surface area contributed by atoms with E-state index >= 15 is 0 Å². The number of H-pyrrole nitrogens is 1. The topological polar surface area (TPSA) is 63.9 Å². The van der Waals surface area contributed by atoms with Gasteiger partial charge in [-0.2, -0.15) is 0 Å². The fraction of sp³-hybridized carbons (Fsp3) is 0.0714. The molecule has 90 valence electrons. The third-order valence-corrected chi connectivity index (χ3v) is 2.72. The molecule has 3 rings (SSSR count). The van der Waals surface area contributed by atoms with E-state index in [1.807, 2.05) is 48.5 Å². The van der Waals surface area contributed by atoms with Crippen LogP contribution in [0.1, 0.15) is 5.82 Å². The summed E-state index contributed by atoms with van der Waals surface area (Å²) in [5.74, 6) is 1.47. The minimum absolute atomic E-state index is 0.378. The van der Waals surface area contributed by atoms with Crippen LogP contribution in [0, 0.1) is 0 Å². The number of hydrogen-bond acceptors (Lipinski definition) is 3. The van der Waals surface area contributed by atoms with Gasteiger partial charge in [-0.1, -0.05) is 24.3 Å². The predicted molar refractivity (Wildman–Crippen MR) is 71.3 cm³/mol. The SMILES string of the molecule is Nc1ccccc1OCc1nc2ccccc2[nH]1. The van der Waals surface area contributed by atoms with Crippen LogP contribution in [0.3, 0.4) is 0 Å². The molecule has 0 amide bonds. The maximum Gasteiger partial charge on any atom is 0.146 e. The third kappa shape index (κ3) is 2.00. The first-order valence-electron chi connectivity index (χ1n) is 5.74. The summed E-state index contributed by atoms with van der Waals surface area (Å²) in [7, 11) is 0. The number of ether oxygens (including phenoxy) is 1. The molecule has 4 heteroatoms. The number of aromatic amines is 1. The minimum Gasteiger partial charge on any atom is -0.484 e. The van der Waals surface area contributed by atoms with Crippen LogP contribution in [-0.2, 0) is 6.61 Å². The quantitative estimate of drug-likeness (QED) is 0.691. The smallest absolute Gasteiger partial charge is 0.146 e. The number of nitrogens with one attached hydrogen (secondary N) is 1. The van der Waals surface area contributed by atoms with Gasteiger partial charge in [-0.15, -0.1) is 0 Å². The minimum atomic E-state index is 0.378.